The molecule has 1 unspecified atom stereocenters. The number of thioether (sulfide) groups is 1. The standard InChI is InChI=1S/C15H18Cl2N4O2S/c1-3-4-7-21-14(23)19-20-15(21)24-9(2)13(22)18-12-8-10(16)5-6-11(12)17/h5-6,8-9H,3-4,7H2,1-2H3,(H,18,22)(H,19,23). The molecule has 0 aliphatic heterocycles. The van der Waals surface area contributed by atoms with Crippen LogP contribution in [0.1, 0.15) is 26.7 Å². The van der Waals surface area contributed by atoms with Gasteiger partial charge in [0.2, 0.25) is 5.91 Å². The maximum absolute atomic E-state index is 12.4. The molecule has 0 bridgehead atoms. The molecule has 1 amide bonds. The number of rotatable bonds is 7. The van der Waals surface area contributed by atoms with Gasteiger partial charge in [-0.25, -0.2) is 9.89 Å². The van der Waals surface area contributed by atoms with Crippen LogP contribution in [0.5, 0.6) is 0 Å². The molecule has 9 heteroatoms. The number of halogens is 2. The molecule has 2 aromatic rings. The number of carbonyl (C=O) groups is 1. The lowest BCUT2D eigenvalue weighted by Gasteiger charge is -2.13. The smallest absolute Gasteiger partial charge is 0.324 e. The SMILES string of the molecule is CCCCn1c(SC(C)C(=O)Nc2cc(Cl)ccc2Cl)n[nH]c1=O. The molecule has 1 aromatic heterocycles. The highest BCUT2D eigenvalue weighted by molar-refractivity contribution is 8.00. The molecule has 0 aliphatic carbocycles. The number of carbonyl (C=O) groups excluding carboxylic acids is 1. The van der Waals surface area contributed by atoms with E-state index in [4.69, 9.17) is 23.2 Å². The molecule has 2 rings (SSSR count). The van der Waals surface area contributed by atoms with Crippen molar-refractivity contribution in [3.8, 4) is 0 Å². The van der Waals surface area contributed by atoms with Gasteiger partial charge < -0.3 is 5.32 Å². The van der Waals surface area contributed by atoms with Gasteiger partial charge in [0, 0.05) is 11.6 Å². The van der Waals surface area contributed by atoms with Gasteiger partial charge in [-0.3, -0.25) is 9.36 Å². The van der Waals surface area contributed by atoms with E-state index in [1.165, 1.54) is 11.8 Å². The second-order valence-electron chi connectivity index (χ2n) is 5.19. The lowest BCUT2D eigenvalue weighted by molar-refractivity contribution is -0.115. The van der Waals surface area contributed by atoms with Crippen LogP contribution >= 0.6 is 35.0 Å². The van der Waals surface area contributed by atoms with Crippen molar-refractivity contribution in [1.82, 2.24) is 14.8 Å². The molecule has 2 N–H and O–H groups in total. The summed E-state index contributed by atoms with van der Waals surface area (Å²) in [6.45, 7) is 4.35. The lowest BCUT2D eigenvalue weighted by atomic mass is 10.3. The number of unbranched alkanes of at least 4 members (excludes halogenated alkanes) is 1. The van der Waals surface area contributed by atoms with E-state index in [1.807, 2.05) is 6.92 Å². The second-order valence-corrected chi connectivity index (χ2v) is 7.34. The van der Waals surface area contributed by atoms with Gasteiger partial charge in [0.1, 0.15) is 0 Å². The van der Waals surface area contributed by atoms with E-state index in [9.17, 15) is 9.59 Å². The average molecular weight is 389 g/mol. The third-order valence-electron chi connectivity index (χ3n) is 3.30. The fourth-order valence-electron chi connectivity index (χ4n) is 1.95. The zero-order valence-corrected chi connectivity index (χ0v) is 15.6. The molecule has 130 valence electrons. The second kappa shape index (κ2) is 8.60. The Morgan fingerprint density at radius 3 is 2.92 bits per heavy atom. The summed E-state index contributed by atoms with van der Waals surface area (Å²) in [7, 11) is 0. The molecule has 24 heavy (non-hydrogen) atoms. The van der Waals surface area contributed by atoms with Crippen molar-refractivity contribution in [3.05, 3.63) is 38.7 Å². The molecule has 0 saturated heterocycles. The normalized spacial score (nSPS) is 12.2. The summed E-state index contributed by atoms with van der Waals surface area (Å²) >= 11 is 13.2. The third kappa shape index (κ3) is 4.78. The Hall–Kier alpha value is -1.44. The van der Waals surface area contributed by atoms with Crippen molar-refractivity contribution in [2.45, 2.75) is 43.6 Å². The van der Waals surface area contributed by atoms with Crippen LogP contribution in [0.15, 0.2) is 28.2 Å². The van der Waals surface area contributed by atoms with Crippen LogP contribution in [-0.2, 0) is 11.3 Å². The fourth-order valence-corrected chi connectivity index (χ4v) is 3.16. The molecule has 1 aromatic carbocycles. The Morgan fingerprint density at radius 2 is 2.21 bits per heavy atom. The first-order valence-electron chi connectivity index (χ1n) is 7.50. The monoisotopic (exact) mass is 388 g/mol. The van der Waals surface area contributed by atoms with Crippen LogP contribution in [-0.4, -0.2) is 25.9 Å². The quantitative estimate of drug-likeness (QED) is 0.706. The first-order valence-corrected chi connectivity index (χ1v) is 9.13. The Kier molecular flexibility index (Phi) is 6.77. The van der Waals surface area contributed by atoms with Crippen molar-refractivity contribution < 1.29 is 4.79 Å². The Morgan fingerprint density at radius 1 is 1.46 bits per heavy atom. The summed E-state index contributed by atoms with van der Waals surface area (Å²) in [5, 5.41) is 10.1. The summed E-state index contributed by atoms with van der Waals surface area (Å²) in [5.74, 6) is -0.248. The zero-order chi connectivity index (χ0) is 17.7. The summed E-state index contributed by atoms with van der Waals surface area (Å²) in [5.41, 5.74) is 0.184. The van der Waals surface area contributed by atoms with Crippen molar-refractivity contribution in [1.29, 1.82) is 0 Å². The van der Waals surface area contributed by atoms with Crippen LogP contribution in [0, 0.1) is 0 Å². The summed E-state index contributed by atoms with van der Waals surface area (Å²) in [6.07, 6.45) is 1.83. The minimum atomic E-state index is -0.462. The number of H-pyrrole nitrogens is 1. The van der Waals surface area contributed by atoms with Gasteiger partial charge in [-0.2, -0.15) is 0 Å². The van der Waals surface area contributed by atoms with Crippen molar-refractivity contribution in [2.24, 2.45) is 0 Å². The van der Waals surface area contributed by atoms with Gasteiger partial charge in [0.25, 0.3) is 0 Å². The number of benzene rings is 1. The maximum Gasteiger partial charge on any atom is 0.343 e. The van der Waals surface area contributed by atoms with E-state index in [1.54, 1.807) is 29.7 Å². The van der Waals surface area contributed by atoms with E-state index in [0.717, 1.165) is 12.8 Å². The summed E-state index contributed by atoms with van der Waals surface area (Å²) in [4.78, 5) is 24.1. The van der Waals surface area contributed by atoms with Gasteiger partial charge >= 0.3 is 5.69 Å². The predicted octanol–water partition coefficient (Wildman–Crippen LogP) is 3.80. The molecular weight excluding hydrogens is 371 g/mol. The minimum Gasteiger partial charge on any atom is -0.324 e. The predicted molar refractivity (Wildman–Crippen MR) is 98.2 cm³/mol. The Bertz CT molecular complexity index is 775. The average Bonchev–Trinajstić information content (AvgIpc) is 2.88. The van der Waals surface area contributed by atoms with Crippen LogP contribution in [0.3, 0.4) is 0 Å². The summed E-state index contributed by atoms with van der Waals surface area (Å²) < 4.78 is 1.55. The number of aromatic amines is 1. The van der Waals surface area contributed by atoms with Gasteiger partial charge in [-0.05, 0) is 31.5 Å². The number of hydrogen-bond donors (Lipinski definition) is 2. The maximum atomic E-state index is 12.4. The van der Waals surface area contributed by atoms with Crippen LogP contribution in [0.25, 0.3) is 0 Å². The molecule has 0 radical (unpaired) electrons. The first-order chi connectivity index (χ1) is 11.4. The third-order valence-corrected chi connectivity index (χ3v) is 4.95. The van der Waals surface area contributed by atoms with E-state index >= 15 is 0 Å². The lowest BCUT2D eigenvalue weighted by Crippen LogP contribution is -2.24. The topological polar surface area (TPSA) is 79.8 Å². The molecule has 0 fully saturated rings. The van der Waals surface area contributed by atoms with Crippen molar-refractivity contribution in [2.75, 3.05) is 5.32 Å². The highest BCUT2D eigenvalue weighted by Gasteiger charge is 2.19. The van der Waals surface area contributed by atoms with Gasteiger partial charge in [0.05, 0.1) is 16.0 Å². The highest BCUT2D eigenvalue weighted by Crippen LogP contribution is 2.27. The fraction of sp³-hybridized carbons (Fsp3) is 0.400. The number of aromatic nitrogens is 3. The molecule has 0 saturated carbocycles. The highest BCUT2D eigenvalue weighted by atomic mass is 35.5. The number of amides is 1. The first kappa shape index (κ1) is 18.9. The number of nitrogens with zero attached hydrogens (tertiary/aromatic N) is 2. The Labute approximate surface area is 153 Å². The van der Waals surface area contributed by atoms with Crippen molar-refractivity contribution in [3.63, 3.8) is 0 Å². The number of nitrogens with one attached hydrogen (secondary N) is 2. The molecule has 1 heterocycles. The van der Waals surface area contributed by atoms with Crippen LogP contribution in [0.2, 0.25) is 10.0 Å². The van der Waals surface area contributed by atoms with Crippen LogP contribution in [0.4, 0.5) is 5.69 Å². The largest absolute Gasteiger partial charge is 0.343 e. The van der Waals surface area contributed by atoms with E-state index in [0.29, 0.717) is 27.4 Å². The number of hydrogen-bond acceptors (Lipinski definition) is 4. The molecule has 0 spiro atoms. The number of anilines is 1. The van der Waals surface area contributed by atoms with Gasteiger partial charge in [0.15, 0.2) is 5.16 Å². The summed E-state index contributed by atoms with van der Waals surface area (Å²) in [6, 6.07) is 4.85. The molecule has 0 aliphatic rings. The Balaban J connectivity index is 2.07. The van der Waals surface area contributed by atoms with Crippen molar-refractivity contribution >= 4 is 46.6 Å². The van der Waals surface area contributed by atoms with Gasteiger partial charge in [-0.1, -0.05) is 48.3 Å². The molecule has 6 nitrogen and oxygen atoms in total. The van der Waals surface area contributed by atoms with E-state index in [-0.39, 0.29) is 11.6 Å². The molecular formula is C15H18Cl2N4O2S. The van der Waals surface area contributed by atoms with Crippen LogP contribution < -0.4 is 11.0 Å². The zero-order valence-electron chi connectivity index (χ0n) is 13.3. The minimum absolute atomic E-state index is 0.248. The van der Waals surface area contributed by atoms with Gasteiger partial charge in [-0.15, -0.1) is 5.10 Å². The van der Waals surface area contributed by atoms with E-state index in [2.05, 4.69) is 15.5 Å². The van der Waals surface area contributed by atoms with E-state index < -0.39 is 5.25 Å². The molecule has 1 atom stereocenters.